The van der Waals surface area contributed by atoms with E-state index in [-0.39, 0.29) is 5.92 Å². The van der Waals surface area contributed by atoms with Gasteiger partial charge in [-0.1, -0.05) is 12.1 Å². The van der Waals surface area contributed by atoms with Crippen molar-refractivity contribution in [3.8, 4) is 5.75 Å². The highest BCUT2D eigenvalue weighted by Crippen LogP contribution is 2.37. The molecule has 0 radical (unpaired) electrons. The van der Waals surface area contributed by atoms with Gasteiger partial charge in [0.2, 0.25) is 0 Å². The highest BCUT2D eigenvalue weighted by atomic mass is 32.2. The van der Waals surface area contributed by atoms with Crippen molar-refractivity contribution in [2.45, 2.75) is 10.6 Å². The zero-order valence-electron chi connectivity index (χ0n) is 10.6. The van der Waals surface area contributed by atoms with Crippen LogP contribution in [0.1, 0.15) is 15.9 Å². The minimum Gasteiger partial charge on any atom is -0.497 e. The van der Waals surface area contributed by atoms with Crippen molar-refractivity contribution >= 4 is 28.9 Å². The van der Waals surface area contributed by atoms with E-state index < -0.39 is 0 Å². The minimum absolute atomic E-state index is 0.0977. The van der Waals surface area contributed by atoms with E-state index in [1.165, 1.54) is 9.77 Å². The van der Waals surface area contributed by atoms with E-state index in [2.05, 4.69) is 0 Å². The Labute approximate surface area is 120 Å². The molecule has 0 bridgehead atoms. The van der Waals surface area contributed by atoms with E-state index in [1.807, 2.05) is 47.5 Å². The van der Waals surface area contributed by atoms with E-state index in [4.69, 9.17) is 4.74 Å². The maximum absolute atomic E-state index is 12.4. The molecule has 4 heteroatoms. The lowest BCUT2D eigenvalue weighted by atomic mass is 9.93. The summed E-state index contributed by atoms with van der Waals surface area (Å²) in [6.45, 7) is 0. The summed E-state index contributed by atoms with van der Waals surface area (Å²) in [6.07, 6.45) is 0.811. The van der Waals surface area contributed by atoms with Crippen LogP contribution in [0.4, 0.5) is 0 Å². The molecule has 1 unspecified atom stereocenters. The topological polar surface area (TPSA) is 26.3 Å². The predicted octanol–water partition coefficient (Wildman–Crippen LogP) is 3.90. The van der Waals surface area contributed by atoms with Gasteiger partial charge in [-0.2, -0.15) is 0 Å². The number of thioether (sulfide) groups is 1. The van der Waals surface area contributed by atoms with Gasteiger partial charge in [-0.3, -0.25) is 4.79 Å². The van der Waals surface area contributed by atoms with E-state index in [0.29, 0.717) is 5.78 Å². The van der Waals surface area contributed by atoms with Crippen molar-refractivity contribution < 1.29 is 9.53 Å². The molecule has 0 aliphatic carbocycles. The van der Waals surface area contributed by atoms with Crippen molar-refractivity contribution in [2.75, 3.05) is 12.9 Å². The van der Waals surface area contributed by atoms with Crippen LogP contribution in [0.3, 0.4) is 0 Å². The molecule has 1 atom stereocenters. The molecule has 1 aliphatic heterocycles. The van der Waals surface area contributed by atoms with Crippen molar-refractivity contribution in [1.82, 2.24) is 0 Å². The monoisotopic (exact) mass is 290 g/mol. The second-order valence-electron chi connectivity index (χ2n) is 4.55. The average molecular weight is 290 g/mol. The van der Waals surface area contributed by atoms with Crippen LogP contribution in [0.25, 0.3) is 0 Å². The second-order valence-corrected chi connectivity index (χ2v) is 6.75. The SMILES string of the molecule is COc1ccc(CC2CSc3sccc3C2=O)cc1. The van der Waals surface area contributed by atoms with E-state index in [1.54, 1.807) is 18.4 Å². The Morgan fingerprint density at radius 2 is 2.05 bits per heavy atom. The van der Waals surface area contributed by atoms with Gasteiger partial charge < -0.3 is 4.74 Å². The van der Waals surface area contributed by atoms with Gasteiger partial charge in [-0.25, -0.2) is 0 Å². The van der Waals surface area contributed by atoms with Crippen LogP contribution in [-0.2, 0) is 6.42 Å². The van der Waals surface area contributed by atoms with E-state index >= 15 is 0 Å². The quantitative estimate of drug-likeness (QED) is 0.857. The van der Waals surface area contributed by atoms with Gasteiger partial charge in [0, 0.05) is 17.2 Å². The first kappa shape index (κ1) is 12.8. The third-order valence-electron chi connectivity index (χ3n) is 3.32. The molecule has 1 aliphatic rings. The Balaban J connectivity index is 1.75. The van der Waals surface area contributed by atoms with Gasteiger partial charge in [-0.15, -0.1) is 23.1 Å². The van der Waals surface area contributed by atoms with Gasteiger partial charge in [0.25, 0.3) is 0 Å². The average Bonchev–Trinajstić information content (AvgIpc) is 2.92. The molecular weight excluding hydrogens is 276 g/mol. The number of hydrogen-bond acceptors (Lipinski definition) is 4. The number of carbonyl (C=O) groups is 1. The molecule has 19 heavy (non-hydrogen) atoms. The van der Waals surface area contributed by atoms with Gasteiger partial charge in [0.15, 0.2) is 5.78 Å². The first-order chi connectivity index (χ1) is 9.28. The number of fused-ring (bicyclic) bond motifs is 1. The number of carbonyl (C=O) groups excluding carboxylic acids is 1. The number of benzene rings is 1. The summed E-state index contributed by atoms with van der Waals surface area (Å²) in [7, 11) is 1.66. The Kier molecular flexibility index (Phi) is 3.62. The minimum atomic E-state index is 0.0977. The van der Waals surface area contributed by atoms with Gasteiger partial charge in [0.05, 0.1) is 11.3 Å². The lowest BCUT2D eigenvalue weighted by molar-refractivity contribution is 0.0927. The fraction of sp³-hybridized carbons (Fsp3) is 0.267. The number of Topliss-reactive ketones (excluding diaryl/α,β-unsaturated/α-hetero) is 1. The van der Waals surface area contributed by atoms with Crippen LogP contribution in [0, 0.1) is 5.92 Å². The van der Waals surface area contributed by atoms with Gasteiger partial charge in [-0.05, 0) is 35.6 Å². The Morgan fingerprint density at radius 3 is 2.79 bits per heavy atom. The fourth-order valence-electron chi connectivity index (χ4n) is 2.26. The van der Waals surface area contributed by atoms with Gasteiger partial charge >= 0.3 is 0 Å². The van der Waals surface area contributed by atoms with Crippen LogP contribution in [0.15, 0.2) is 39.9 Å². The fourth-order valence-corrected chi connectivity index (χ4v) is 4.47. The highest BCUT2D eigenvalue weighted by Gasteiger charge is 2.28. The number of methoxy groups -OCH3 is 1. The molecule has 0 spiro atoms. The third-order valence-corrected chi connectivity index (χ3v) is 5.72. The molecule has 0 amide bonds. The number of ketones is 1. The lowest BCUT2D eigenvalue weighted by Gasteiger charge is -2.20. The largest absolute Gasteiger partial charge is 0.497 e. The van der Waals surface area contributed by atoms with Crippen LogP contribution in [0.2, 0.25) is 0 Å². The van der Waals surface area contributed by atoms with E-state index in [0.717, 1.165) is 23.5 Å². The molecule has 0 N–H and O–H groups in total. The number of rotatable bonds is 3. The molecule has 2 heterocycles. The highest BCUT2D eigenvalue weighted by molar-refractivity contribution is 8.01. The first-order valence-electron chi connectivity index (χ1n) is 6.15. The normalized spacial score (nSPS) is 18.2. The molecular formula is C15H14O2S2. The number of ether oxygens (including phenoxy) is 1. The summed E-state index contributed by atoms with van der Waals surface area (Å²) < 4.78 is 6.32. The lowest BCUT2D eigenvalue weighted by Crippen LogP contribution is -2.23. The molecule has 98 valence electrons. The summed E-state index contributed by atoms with van der Waals surface area (Å²) in [5.41, 5.74) is 2.11. The molecule has 0 saturated carbocycles. The van der Waals surface area contributed by atoms with Crippen LogP contribution >= 0.6 is 23.1 Å². The van der Waals surface area contributed by atoms with Crippen molar-refractivity contribution in [1.29, 1.82) is 0 Å². The Bertz CT molecular complexity index is 586. The molecule has 1 aromatic carbocycles. The Morgan fingerprint density at radius 1 is 1.26 bits per heavy atom. The van der Waals surface area contributed by atoms with Crippen molar-refractivity contribution in [3.05, 3.63) is 46.8 Å². The van der Waals surface area contributed by atoms with Crippen LogP contribution in [0.5, 0.6) is 5.75 Å². The predicted molar refractivity (Wildman–Crippen MR) is 79.6 cm³/mol. The maximum atomic E-state index is 12.4. The zero-order chi connectivity index (χ0) is 13.2. The molecule has 0 saturated heterocycles. The molecule has 0 fully saturated rings. The molecule has 2 nitrogen and oxygen atoms in total. The summed E-state index contributed by atoms with van der Waals surface area (Å²) in [5, 5.41) is 2.01. The second kappa shape index (κ2) is 5.39. The summed E-state index contributed by atoms with van der Waals surface area (Å²) in [4.78, 5) is 12.4. The third kappa shape index (κ3) is 2.55. The first-order valence-corrected chi connectivity index (χ1v) is 8.02. The summed E-state index contributed by atoms with van der Waals surface area (Å²) >= 11 is 3.48. The number of hydrogen-bond donors (Lipinski definition) is 0. The molecule has 2 aromatic rings. The smallest absolute Gasteiger partial charge is 0.169 e. The van der Waals surface area contributed by atoms with Crippen molar-refractivity contribution in [3.63, 3.8) is 0 Å². The number of thiophene rings is 1. The molecule has 1 aromatic heterocycles. The standard InChI is InChI=1S/C15H14O2S2/c1-17-12-4-2-10(3-5-12)8-11-9-19-15-13(14(11)16)6-7-18-15/h2-7,11H,8-9H2,1H3. The van der Waals surface area contributed by atoms with Crippen molar-refractivity contribution in [2.24, 2.45) is 5.92 Å². The Hall–Kier alpha value is -1.26. The van der Waals surface area contributed by atoms with Gasteiger partial charge in [0.1, 0.15) is 5.75 Å². The van der Waals surface area contributed by atoms with Crippen LogP contribution in [-0.4, -0.2) is 18.6 Å². The zero-order valence-corrected chi connectivity index (χ0v) is 12.2. The van der Waals surface area contributed by atoms with Crippen LogP contribution < -0.4 is 4.74 Å². The maximum Gasteiger partial charge on any atom is 0.169 e. The van der Waals surface area contributed by atoms with E-state index in [9.17, 15) is 4.79 Å². The summed E-state index contributed by atoms with van der Waals surface area (Å²) in [6, 6.07) is 9.94. The summed E-state index contributed by atoms with van der Waals surface area (Å²) in [5.74, 6) is 2.14. The molecule has 3 rings (SSSR count).